The maximum atomic E-state index is 11.8. The molecule has 1 aliphatic heterocycles. The van der Waals surface area contributed by atoms with Crippen LogP contribution in [0.4, 0.5) is 5.69 Å². The van der Waals surface area contributed by atoms with Crippen molar-refractivity contribution < 1.29 is 4.79 Å². The zero-order valence-electron chi connectivity index (χ0n) is 8.85. The van der Waals surface area contributed by atoms with Crippen molar-refractivity contribution in [3.05, 3.63) is 30.3 Å². The zero-order valence-corrected chi connectivity index (χ0v) is 9.67. The van der Waals surface area contributed by atoms with E-state index < -0.39 is 0 Å². The average Bonchev–Trinajstić information content (AvgIpc) is 2.75. The number of amides is 1. The Morgan fingerprint density at radius 1 is 1.19 bits per heavy atom. The molecule has 1 aromatic rings. The van der Waals surface area contributed by atoms with E-state index in [1.165, 1.54) is 0 Å². The third-order valence-electron chi connectivity index (χ3n) is 3.44. The summed E-state index contributed by atoms with van der Waals surface area (Å²) in [6.45, 7) is 2.02. The third-order valence-corrected chi connectivity index (χ3v) is 3.44. The second kappa shape index (κ2) is 4.44. The van der Waals surface area contributed by atoms with Crippen molar-refractivity contribution in [3.8, 4) is 0 Å². The van der Waals surface area contributed by atoms with Crippen LogP contribution in [-0.4, -0.2) is 19.0 Å². The predicted octanol–water partition coefficient (Wildman–Crippen LogP) is 1.51. The van der Waals surface area contributed by atoms with Gasteiger partial charge in [-0.1, -0.05) is 18.2 Å². The summed E-state index contributed by atoms with van der Waals surface area (Å²) in [6, 6.07) is 9.67. The maximum absolute atomic E-state index is 11.8. The molecule has 3 rings (SSSR count). The Hall–Kier alpha value is -1.06. The molecule has 16 heavy (non-hydrogen) atoms. The van der Waals surface area contributed by atoms with Gasteiger partial charge in [0.05, 0.1) is 0 Å². The summed E-state index contributed by atoms with van der Waals surface area (Å²) in [5.41, 5.74) is 0.903. The fourth-order valence-corrected chi connectivity index (χ4v) is 2.55. The van der Waals surface area contributed by atoms with Gasteiger partial charge in [-0.25, -0.2) is 0 Å². The molecule has 1 saturated carbocycles. The van der Waals surface area contributed by atoms with E-state index in [1.54, 1.807) is 0 Å². The minimum atomic E-state index is 0. The molecule has 0 bridgehead atoms. The molecule has 2 aliphatic rings. The first kappa shape index (κ1) is 11.4. The molecule has 4 heteroatoms. The van der Waals surface area contributed by atoms with Crippen LogP contribution in [0.2, 0.25) is 0 Å². The molecule has 2 unspecified atom stereocenters. The molecule has 2 fully saturated rings. The number of carbonyl (C=O) groups is 1. The van der Waals surface area contributed by atoms with Crippen molar-refractivity contribution in [3.63, 3.8) is 0 Å². The van der Waals surface area contributed by atoms with Crippen molar-refractivity contribution in [1.82, 2.24) is 5.32 Å². The Kier molecular flexibility index (Phi) is 3.17. The molecule has 1 aliphatic carbocycles. The van der Waals surface area contributed by atoms with Crippen LogP contribution in [0.25, 0.3) is 0 Å². The molecule has 3 atom stereocenters. The first-order valence-corrected chi connectivity index (χ1v) is 5.43. The van der Waals surface area contributed by atoms with Gasteiger partial charge in [-0.2, -0.15) is 0 Å². The topological polar surface area (TPSA) is 41.1 Å². The van der Waals surface area contributed by atoms with E-state index in [-0.39, 0.29) is 24.2 Å². The van der Waals surface area contributed by atoms with Gasteiger partial charge in [0.2, 0.25) is 5.91 Å². The van der Waals surface area contributed by atoms with Crippen LogP contribution in [0, 0.1) is 17.8 Å². The number of para-hydroxylation sites is 1. The first-order chi connectivity index (χ1) is 7.36. The Labute approximate surface area is 101 Å². The highest BCUT2D eigenvalue weighted by molar-refractivity contribution is 5.95. The van der Waals surface area contributed by atoms with Gasteiger partial charge >= 0.3 is 0 Å². The number of hydrogen-bond donors (Lipinski definition) is 2. The number of carbonyl (C=O) groups excluding carboxylic acids is 1. The quantitative estimate of drug-likeness (QED) is 0.820. The number of nitrogens with one attached hydrogen (secondary N) is 2. The number of piperidine rings is 1. The molecule has 2 N–H and O–H groups in total. The Balaban J connectivity index is 0.000000963. The monoisotopic (exact) mass is 238 g/mol. The van der Waals surface area contributed by atoms with E-state index in [0.29, 0.717) is 11.8 Å². The normalized spacial score (nSPS) is 30.1. The summed E-state index contributed by atoms with van der Waals surface area (Å²) in [7, 11) is 0. The maximum Gasteiger partial charge on any atom is 0.228 e. The lowest BCUT2D eigenvalue weighted by molar-refractivity contribution is -0.118. The Morgan fingerprint density at radius 2 is 1.81 bits per heavy atom. The van der Waals surface area contributed by atoms with Crippen LogP contribution in [0.3, 0.4) is 0 Å². The Morgan fingerprint density at radius 3 is 2.44 bits per heavy atom. The lowest BCUT2D eigenvalue weighted by atomic mass is 10.2. The van der Waals surface area contributed by atoms with Crippen molar-refractivity contribution >= 4 is 24.0 Å². The van der Waals surface area contributed by atoms with Gasteiger partial charge in [-0.15, -0.1) is 12.4 Å². The van der Waals surface area contributed by atoms with Gasteiger partial charge in [-0.3, -0.25) is 4.79 Å². The fourth-order valence-electron chi connectivity index (χ4n) is 2.55. The van der Waals surface area contributed by atoms with Crippen LogP contribution in [0.15, 0.2) is 30.3 Å². The molecule has 0 radical (unpaired) electrons. The minimum absolute atomic E-state index is 0. The highest BCUT2D eigenvalue weighted by Gasteiger charge is 2.56. The van der Waals surface area contributed by atoms with E-state index in [9.17, 15) is 4.79 Å². The number of halogens is 1. The number of anilines is 1. The molecule has 1 aromatic carbocycles. The summed E-state index contributed by atoms with van der Waals surface area (Å²) in [6.07, 6.45) is 0. The number of rotatable bonds is 2. The number of fused-ring (bicyclic) bond motifs is 1. The first-order valence-electron chi connectivity index (χ1n) is 5.43. The largest absolute Gasteiger partial charge is 0.326 e. The van der Waals surface area contributed by atoms with E-state index in [0.717, 1.165) is 18.8 Å². The lowest BCUT2D eigenvalue weighted by Crippen LogP contribution is -2.23. The lowest BCUT2D eigenvalue weighted by Gasteiger charge is -2.06. The smallest absolute Gasteiger partial charge is 0.228 e. The van der Waals surface area contributed by atoms with Crippen LogP contribution in [-0.2, 0) is 4.79 Å². The van der Waals surface area contributed by atoms with Crippen molar-refractivity contribution in [2.75, 3.05) is 18.4 Å². The van der Waals surface area contributed by atoms with Gasteiger partial charge < -0.3 is 10.6 Å². The van der Waals surface area contributed by atoms with Gasteiger partial charge in [0.25, 0.3) is 0 Å². The second-order valence-electron chi connectivity index (χ2n) is 4.37. The SMILES string of the molecule is Cl.O=C(Nc1ccccc1)C1C2CNC[C@H]21. The Bertz CT molecular complexity index is 372. The van der Waals surface area contributed by atoms with E-state index in [4.69, 9.17) is 0 Å². The van der Waals surface area contributed by atoms with E-state index >= 15 is 0 Å². The minimum Gasteiger partial charge on any atom is -0.326 e. The number of hydrogen-bond acceptors (Lipinski definition) is 2. The molecule has 3 nitrogen and oxygen atoms in total. The van der Waals surface area contributed by atoms with Crippen LogP contribution < -0.4 is 10.6 Å². The average molecular weight is 239 g/mol. The summed E-state index contributed by atoms with van der Waals surface area (Å²) >= 11 is 0. The summed E-state index contributed by atoms with van der Waals surface area (Å²) < 4.78 is 0. The van der Waals surface area contributed by atoms with E-state index in [1.807, 2.05) is 30.3 Å². The highest BCUT2D eigenvalue weighted by Crippen LogP contribution is 2.49. The van der Waals surface area contributed by atoms with Crippen molar-refractivity contribution in [2.45, 2.75) is 0 Å². The second-order valence-corrected chi connectivity index (χ2v) is 4.37. The summed E-state index contributed by atoms with van der Waals surface area (Å²) in [4.78, 5) is 11.8. The van der Waals surface area contributed by atoms with Crippen LogP contribution >= 0.6 is 12.4 Å². The molecular formula is C12H15ClN2O. The standard InChI is InChI=1S/C12H14N2O.ClH/c15-12(11-9-6-13-7-10(9)11)14-8-4-2-1-3-5-8;/h1-5,9-11,13H,6-7H2,(H,14,15);1H/t9-,10?,11?;/m1./s1. The molecule has 1 heterocycles. The summed E-state index contributed by atoms with van der Waals surface area (Å²) in [5.74, 6) is 1.63. The van der Waals surface area contributed by atoms with Gasteiger partial charge in [0.15, 0.2) is 0 Å². The summed E-state index contributed by atoms with van der Waals surface area (Å²) in [5, 5.41) is 6.26. The third kappa shape index (κ3) is 1.93. The van der Waals surface area contributed by atoms with Crippen molar-refractivity contribution in [2.24, 2.45) is 17.8 Å². The molecule has 86 valence electrons. The predicted molar refractivity (Wildman–Crippen MR) is 65.7 cm³/mol. The van der Waals surface area contributed by atoms with Gasteiger partial charge in [0.1, 0.15) is 0 Å². The zero-order chi connectivity index (χ0) is 10.3. The van der Waals surface area contributed by atoms with Crippen molar-refractivity contribution in [1.29, 1.82) is 0 Å². The van der Waals surface area contributed by atoms with Crippen LogP contribution in [0.5, 0.6) is 0 Å². The molecule has 0 spiro atoms. The van der Waals surface area contributed by atoms with Gasteiger partial charge in [0, 0.05) is 11.6 Å². The molecule has 1 amide bonds. The molecule has 1 saturated heterocycles. The van der Waals surface area contributed by atoms with Crippen LogP contribution in [0.1, 0.15) is 0 Å². The number of benzene rings is 1. The fraction of sp³-hybridized carbons (Fsp3) is 0.417. The highest BCUT2D eigenvalue weighted by atomic mass is 35.5. The van der Waals surface area contributed by atoms with E-state index in [2.05, 4.69) is 10.6 Å². The molecular weight excluding hydrogens is 224 g/mol. The molecule has 0 aromatic heterocycles. The van der Waals surface area contributed by atoms with Gasteiger partial charge in [-0.05, 0) is 37.1 Å².